The summed E-state index contributed by atoms with van der Waals surface area (Å²) in [4.78, 5) is 2.54. The molecule has 0 radical (unpaired) electrons. The van der Waals surface area contributed by atoms with E-state index in [4.69, 9.17) is 5.73 Å². The van der Waals surface area contributed by atoms with Gasteiger partial charge in [0.05, 0.1) is 32.7 Å². The average Bonchev–Trinajstić information content (AvgIpc) is 2.49. The maximum Gasteiger partial charge on any atom is 0.0964 e. The molecule has 1 aliphatic heterocycles. The van der Waals surface area contributed by atoms with Gasteiger partial charge in [0.1, 0.15) is 0 Å². The van der Waals surface area contributed by atoms with Crippen molar-refractivity contribution >= 4 is 11.4 Å². The summed E-state index contributed by atoms with van der Waals surface area (Å²) in [6.07, 6.45) is 2.46. The van der Waals surface area contributed by atoms with Gasteiger partial charge in [-0.3, -0.25) is 0 Å². The smallest absolute Gasteiger partial charge is 0.0964 e. The van der Waals surface area contributed by atoms with Crippen LogP contribution in [0.4, 0.5) is 11.4 Å². The van der Waals surface area contributed by atoms with E-state index in [-0.39, 0.29) is 0 Å². The minimum atomic E-state index is 0.887. The first kappa shape index (κ1) is 15.2. The number of nitrogen functional groups attached to an aromatic ring is 1. The van der Waals surface area contributed by atoms with Crippen LogP contribution in [0.2, 0.25) is 0 Å². The molecule has 0 aliphatic carbocycles. The van der Waals surface area contributed by atoms with E-state index >= 15 is 0 Å². The Kier molecular flexibility index (Phi) is 4.92. The van der Waals surface area contributed by atoms with Crippen LogP contribution in [-0.2, 0) is 6.42 Å². The molecular formula is C17H30N3+. The molecule has 0 unspecified atom stereocenters. The van der Waals surface area contributed by atoms with Crippen molar-refractivity contribution in [3.05, 3.63) is 23.8 Å². The molecule has 3 heteroatoms. The first-order chi connectivity index (χ1) is 9.64. The fraction of sp³-hybridized carbons (Fsp3) is 0.647. The van der Waals surface area contributed by atoms with E-state index in [1.54, 1.807) is 0 Å². The second-order valence-electron chi connectivity index (χ2n) is 5.99. The number of quaternary nitrogens is 1. The van der Waals surface area contributed by atoms with Gasteiger partial charge >= 0.3 is 0 Å². The van der Waals surface area contributed by atoms with Crippen LogP contribution >= 0.6 is 0 Å². The van der Waals surface area contributed by atoms with E-state index < -0.39 is 0 Å². The lowest BCUT2D eigenvalue weighted by Crippen LogP contribution is -2.52. The topological polar surface area (TPSA) is 29.3 Å². The number of anilines is 2. The van der Waals surface area contributed by atoms with Gasteiger partial charge in [0.15, 0.2) is 0 Å². The summed E-state index contributed by atoms with van der Waals surface area (Å²) < 4.78 is 1.22. The lowest BCUT2D eigenvalue weighted by atomic mass is 10.0. The SMILES string of the molecule is CC[N+](CC)(CC)CCN1CCCc2ccc(N)cc21. The van der Waals surface area contributed by atoms with E-state index in [0.717, 1.165) is 12.2 Å². The Labute approximate surface area is 124 Å². The van der Waals surface area contributed by atoms with Crippen molar-refractivity contribution in [2.45, 2.75) is 33.6 Å². The quantitative estimate of drug-likeness (QED) is 0.639. The predicted molar refractivity (Wildman–Crippen MR) is 88.1 cm³/mol. The Bertz CT molecular complexity index is 430. The Morgan fingerprint density at radius 1 is 1.15 bits per heavy atom. The normalized spacial score (nSPS) is 15.2. The van der Waals surface area contributed by atoms with Crippen LogP contribution in [0.15, 0.2) is 18.2 Å². The van der Waals surface area contributed by atoms with Crippen LogP contribution in [0.5, 0.6) is 0 Å². The summed E-state index contributed by atoms with van der Waals surface area (Å²) in [6.45, 7) is 14.2. The number of fused-ring (bicyclic) bond motifs is 1. The van der Waals surface area contributed by atoms with Crippen molar-refractivity contribution in [3.63, 3.8) is 0 Å². The third-order valence-corrected chi connectivity index (χ3v) is 5.18. The molecule has 2 rings (SSSR count). The fourth-order valence-electron chi connectivity index (χ4n) is 3.38. The first-order valence-electron chi connectivity index (χ1n) is 8.12. The Balaban J connectivity index is 2.10. The van der Waals surface area contributed by atoms with Crippen LogP contribution in [0.1, 0.15) is 32.8 Å². The van der Waals surface area contributed by atoms with Gasteiger partial charge in [-0.1, -0.05) is 6.07 Å². The average molecular weight is 276 g/mol. The molecule has 0 saturated heterocycles. The zero-order valence-electron chi connectivity index (χ0n) is 13.4. The van der Waals surface area contributed by atoms with Crippen molar-refractivity contribution in [1.29, 1.82) is 0 Å². The molecule has 0 amide bonds. The van der Waals surface area contributed by atoms with Gasteiger partial charge in [-0.2, -0.15) is 0 Å². The number of likely N-dealkylation sites (N-methyl/N-ethyl adjacent to an activating group) is 1. The van der Waals surface area contributed by atoms with Crippen molar-refractivity contribution in [1.82, 2.24) is 0 Å². The molecule has 0 fully saturated rings. The van der Waals surface area contributed by atoms with Gasteiger partial charge in [-0.05, 0) is 51.3 Å². The minimum Gasteiger partial charge on any atom is -0.399 e. The molecule has 0 aromatic heterocycles. The summed E-state index contributed by atoms with van der Waals surface area (Å²) in [5.74, 6) is 0. The number of benzene rings is 1. The highest BCUT2D eigenvalue weighted by Crippen LogP contribution is 2.29. The van der Waals surface area contributed by atoms with Gasteiger partial charge in [0.25, 0.3) is 0 Å². The molecule has 3 nitrogen and oxygen atoms in total. The second-order valence-corrected chi connectivity index (χ2v) is 5.99. The first-order valence-corrected chi connectivity index (χ1v) is 8.12. The van der Waals surface area contributed by atoms with Gasteiger partial charge in [-0.25, -0.2) is 0 Å². The Morgan fingerprint density at radius 2 is 1.85 bits per heavy atom. The molecule has 0 spiro atoms. The zero-order valence-corrected chi connectivity index (χ0v) is 13.4. The predicted octanol–water partition coefficient (Wildman–Crippen LogP) is 2.90. The summed E-state index contributed by atoms with van der Waals surface area (Å²) in [7, 11) is 0. The van der Waals surface area contributed by atoms with Crippen LogP contribution in [0, 0.1) is 0 Å². The molecule has 1 aromatic carbocycles. The van der Waals surface area contributed by atoms with Crippen LogP contribution < -0.4 is 10.6 Å². The van der Waals surface area contributed by atoms with Crippen molar-refractivity contribution in [3.8, 4) is 0 Å². The minimum absolute atomic E-state index is 0.887. The van der Waals surface area contributed by atoms with E-state index in [9.17, 15) is 0 Å². The zero-order chi connectivity index (χ0) is 14.6. The van der Waals surface area contributed by atoms with E-state index in [2.05, 4.69) is 37.8 Å². The molecule has 1 aliphatic rings. The van der Waals surface area contributed by atoms with E-state index in [0.29, 0.717) is 0 Å². The highest BCUT2D eigenvalue weighted by Gasteiger charge is 2.24. The lowest BCUT2D eigenvalue weighted by molar-refractivity contribution is -0.921. The van der Waals surface area contributed by atoms with E-state index in [1.165, 1.54) is 61.3 Å². The Hall–Kier alpha value is -1.22. The van der Waals surface area contributed by atoms with Crippen molar-refractivity contribution in [2.24, 2.45) is 0 Å². The maximum atomic E-state index is 5.97. The maximum absolute atomic E-state index is 5.97. The number of nitrogens with two attached hydrogens (primary N) is 1. The molecule has 0 atom stereocenters. The van der Waals surface area contributed by atoms with Crippen molar-refractivity contribution < 1.29 is 4.48 Å². The summed E-state index contributed by atoms with van der Waals surface area (Å²) in [6, 6.07) is 6.40. The van der Waals surface area contributed by atoms with Crippen LogP contribution in [0.25, 0.3) is 0 Å². The van der Waals surface area contributed by atoms with Gasteiger partial charge in [-0.15, -0.1) is 0 Å². The fourth-order valence-corrected chi connectivity index (χ4v) is 3.38. The number of nitrogens with zero attached hydrogens (tertiary/aromatic N) is 2. The molecule has 2 N–H and O–H groups in total. The number of rotatable bonds is 6. The van der Waals surface area contributed by atoms with Crippen LogP contribution in [-0.4, -0.2) is 43.8 Å². The van der Waals surface area contributed by atoms with Crippen molar-refractivity contribution in [2.75, 3.05) is 49.9 Å². The highest BCUT2D eigenvalue weighted by molar-refractivity contribution is 5.62. The third kappa shape index (κ3) is 3.09. The summed E-state index contributed by atoms with van der Waals surface area (Å²) in [5, 5.41) is 0. The number of hydrogen-bond acceptors (Lipinski definition) is 2. The lowest BCUT2D eigenvalue weighted by Gasteiger charge is -2.39. The number of hydrogen-bond donors (Lipinski definition) is 1. The third-order valence-electron chi connectivity index (χ3n) is 5.18. The largest absolute Gasteiger partial charge is 0.399 e. The molecule has 112 valence electrons. The standard InChI is InChI=1S/C17H30N3/c1-4-20(5-2,6-3)13-12-19-11-7-8-15-9-10-16(18)14-17(15)19/h9-10,14H,4-8,11-13,18H2,1-3H3/q+1. The molecule has 0 saturated carbocycles. The molecule has 20 heavy (non-hydrogen) atoms. The second kappa shape index (κ2) is 6.49. The number of aryl methyl sites for hydroxylation is 1. The summed E-state index contributed by atoms with van der Waals surface area (Å²) in [5.41, 5.74) is 9.70. The molecule has 1 aromatic rings. The molecule has 1 heterocycles. The highest BCUT2D eigenvalue weighted by atomic mass is 15.4. The molecular weight excluding hydrogens is 246 g/mol. The molecule has 0 bridgehead atoms. The van der Waals surface area contributed by atoms with Gasteiger partial charge in [0.2, 0.25) is 0 Å². The van der Waals surface area contributed by atoms with Gasteiger partial charge < -0.3 is 15.1 Å². The Morgan fingerprint density at radius 3 is 2.50 bits per heavy atom. The monoisotopic (exact) mass is 276 g/mol. The van der Waals surface area contributed by atoms with Crippen LogP contribution in [0.3, 0.4) is 0 Å². The van der Waals surface area contributed by atoms with Gasteiger partial charge in [0, 0.05) is 17.9 Å². The van der Waals surface area contributed by atoms with E-state index in [1.807, 2.05) is 6.07 Å². The summed E-state index contributed by atoms with van der Waals surface area (Å²) >= 11 is 0.